The first-order valence-corrected chi connectivity index (χ1v) is 9.08. The van der Waals surface area contributed by atoms with E-state index in [-0.39, 0.29) is 11.9 Å². The maximum Gasteiger partial charge on any atom is 0.224 e. The normalized spacial score (nSPS) is 21.1. The molecule has 1 fully saturated rings. The van der Waals surface area contributed by atoms with Crippen LogP contribution in [0.4, 0.5) is 5.69 Å². The quantitative estimate of drug-likeness (QED) is 0.892. The standard InChI is InChI=1S/C18H23N3OS/c1-12-20-17(11-23-12)13-6-8-15(9-7-13)21-18(22)10-14-4-2-3-5-16(14)19/h6-9,11,14,16H,2-5,10,19H2,1H3,(H,21,22). The molecule has 3 N–H and O–H groups in total. The van der Waals surface area contributed by atoms with Crippen LogP contribution in [0.5, 0.6) is 0 Å². The summed E-state index contributed by atoms with van der Waals surface area (Å²) in [5.41, 5.74) is 9.01. The molecule has 1 aliphatic carbocycles. The van der Waals surface area contributed by atoms with Gasteiger partial charge in [0.25, 0.3) is 0 Å². The molecule has 1 aliphatic rings. The molecule has 1 saturated carbocycles. The van der Waals surface area contributed by atoms with Crippen LogP contribution in [0.1, 0.15) is 37.1 Å². The van der Waals surface area contributed by atoms with Gasteiger partial charge in [-0.25, -0.2) is 4.98 Å². The third-order valence-corrected chi connectivity index (χ3v) is 5.27. The molecule has 122 valence electrons. The van der Waals surface area contributed by atoms with Crippen LogP contribution in [0.25, 0.3) is 11.3 Å². The summed E-state index contributed by atoms with van der Waals surface area (Å²) in [4.78, 5) is 16.7. The van der Waals surface area contributed by atoms with E-state index in [0.29, 0.717) is 12.3 Å². The molecule has 1 aromatic heterocycles. The SMILES string of the molecule is Cc1nc(-c2ccc(NC(=O)CC3CCCCC3N)cc2)cs1. The van der Waals surface area contributed by atoms with Crippen LogP contribution in [0.3, 0.4) is 0 Å². The van der Waals surface area contributed by atoms with E-state index in [4.69, 9.17) is 5.73 Å². The van der Waals surface area contributed by atoms with Crippen LogP contribution in [-0.4, -0.2) is 16.9 Å². The molecular weight excluding hydrogens is 306 g/mol. The average Bonchev–Trinajstić information content (AvgIpc) is 2.97. The Morgan fingerprint density at radius 2 is 2.04 bits per heavy atom. The first kappa shape index (κ1) is 16.1. The molecular formula is C18H23N3OS. The maximum atomic E-state index is 12.2. The maximum absolute atomic E-state index is 12.2. The molecule has 0 radical (unpaired) electrons. The number of nitrogens with two attached hydrogens (primary N) is 1. The fourth-order valence-electron chi connectivity index (χ4n) is 3.16. The number of nitrogens with zero attached hydrogens (tertiary/aromatic N) is 1. The van der Waals surface area contributed by atoms with E-state index in [2.05, 4.69) is 10.3 Å². The molecule has 0 aliphatic heterocycles. The molecule has 2 atom stereocenters. The van der Waals surface area contributed by atoms with Crippen LogP contribution in [0.2, 0.25) is 0 Å². The van der Waals surface area contributed by atoms with Crippen LogP contribution in [0.15, 0.2) is 29.6 Å². The van der Waals surface area contributed by atoms with Crippen LogP contribution >= 0.6 is 11.3 Å². The number of hydrogen-bond donors (Lipinski definition) is 2. The lowest BCUT2D eigenvalue weighted by Crippen LogP contribution is -2.35. The number of aryl methyl sites for hydroxylation is 1. The number of benzene rings is 1. The number of carbonyl (C=O) groups excluding carboxylic acids is 1. The minimum absolute atomic E-state index is 0.0598. The molecule has 2 aromatic rings. The highest BCUT2D eigenvalue weighted by atomic mass is 32.1. The second-order valence-electron chi connectivity index (χ2n) is 6.29. The fraction of sp³-hybridized carbons (Fsp3) is 0.444. The number of rotatable bonds is 4. The zero-order valence-electron chi connectivity index (χ0n) is 13.4. The molecule has 23 heavy (non-hydrogen) atoms. The van der Waals surface area contributed by atoms with E-state index < -0.39 is 0 Å². The van der Waals surface area contributed by atoms with Crippen molar-refractivity contribution in [3.05, 3.63) is 34.7 Å². The molecule has 1 heterocycles. The van der Waals surface area contributed by atoms with E-state index in [0.717, 1.165) is 34.8 Å². The Labute approximate surface area is 141 Å². The van der Waals surface area contributed by atoms with E-state index in [1.807, 2.05) is 36.6 Å². The Hall–Kier alpha value is -1.72. The van der Waals surface area contributed by atoms with Crippen molar-refractivity contribution < 1.29 is 4.79 Å². The highest BCUT2D eigenvalue weighted by Crippen LogP contribution is 2.27. The van der Waals surface area contributed by atoms with Crippen molar-refractivity contribution >= 4 is 22.9 Å². The van der Waals surface area contributed by atoms with E-state index in [1.165, 1.54) is 12.8 Å². The number of aromatic nitrogens is 1. The van der Waals surface area contributed by atoms with Gasteiger partial charge in [0.1, 0.15) is 0 Å². The molecule has 2 unspecified atom stereocenters. The summed E-state index contributed by atoms with van der Waals surface area (Å²) >= 11 is 1.64. The van der Waals surface area contributed by atoms with Crippen molar-refractivity contribution in [1.82, 2.24) is 4.98 Å². The molecule has 0 saturated heterocycles. The van der Waals surface area contributed by atoms with Crippen LogP contribution in [-0.2, 0) is 4.79 Å². The molecule has 0 bridgehead atoms. The van der Waals surface area contributed by atoms with Gasteiger partial charge in [0.2, 0.25) is 5.91 Å². The second-order valence-corrected chi connectivity index (χ2v) is 7.35. The summed E-state index contributed by atoms with van der Waals surface area (Å²) in [7, 11) is 0. The minimum Gasteiger partial charge on any atom is -0.327 e. The molecule has 3 rings (SSSR count). The number of nitrogens with one attached hydrogen (secondary N) is 1. The van der Waals surface area contributed by atoms with Gasteiger partial charge in [-0.3, -0.25) is 4.79 Å². The monoisotopic (exact) mass is 329 g/mol. The van der Waals surface area contributed by atoms with Crippen molar-refractivity contribution in [3.63, 3.8) is 0 Å². The van der Waals surface area contributed by atoms with Crippen molar-refractivity contribution in [2.24, 2.45) is 11.7 Å². The highest BCUT2D eigenvalue weighted by Gasteiger charge is 2.24. The second kappa shape index (κ2) is 7.23. The predicted molar refractivity (Wildman–Crippen MR) is 95.5 cm³/mol. The lowest BCUT2D eigenvalue weighted by molar-refractivity contribution is -0.117. The third-order valence-electron chi connectivity index (χ3n) is 4.50. The number of carbonyl (C=O) groups is 1. The third kappa shape index (κ3) is 4.18. The Kier molecular flexibility index (Phi) is 5.08. The van der Waals surface area contributed by atoms with E-state index in [1.54, 1.807) is 11.3 Å². The summed E-state index contributed by atoms with van der Waals surface area (Å²) in [5, 5.41) is 6.09. The number of amides is 1. The van der Waals surface area contributed by atoms with Gasteiger partial charge in [0.15, 0.2) is 0 Å². The van der Waals surface area contributed by atoms with Gasteiger partial charge in [-0.05, 0) is 37.8 Å². The summed E-state index contributed by atoms with van der Waals surface area (Å²) in [6, 6.07) is 8.03. The van der Waals surface area contributed by atoms with Crippen molar-refractivity contribution in [2.75, 3.05) is 5.32 Å². The van der Waals surface area contributed by atoms with Gasteiger partial charge in [0.05, 0.1) is 10.7 Å². The zero-order chi connectivity index (χ0) is 16.2. The predicted octanol–water partition coefficient (Wildman–Crippen LogP) is 3.96. The lowest BCUT2D eigenvalue weighted by atomic mass is 9.83. The first-order valence-electron chi connectivity index (χ1n) is 8.20. The van der Waals surface area contributed by atoms with Gasteiger partial charge in [0, 0.05) is 29.1 Å². The largest absolute Gasteiger partial charge is 0.327 e. The number of anilines is 1. The van der Waals surface area contributed by atoms with Crippen molar-refractivity contribution in [1.29, 1.82) is 0 Å². The smallest absolute Gasteiger partial charge is 0.224 e. The Morgan fingerprint density at radius 1 is 1.30 bits per heavy atom. The van der Waals surface area contributed by atoms with Crippen LogP contribution < -0.4 is 11.1 Å². The summed E-state index contributed by atoms with van der Waals surface area (Å²) < 4.78 is 0. The summed E-state index contributed by atoms with van der Waals surface area (Å²) in [6.45, 7) is 2.00. The number of thiazole rings is 1. The zero-order valence-corrected chi connectivity index (χ0v) is 14.2. The molecule has 4 nitrogen and oxygen atoms in total. The van der Waals surface area contributed by atoms with Crippen LogP contribution in [0, 0.1) is 12.8 Å². The van der Waals surface area contributed by atoms with Gasteiger partial charge in [-0.15, -0.1) is 11.3 Å². The summed E-state index contributed by atoms with van der Waals surface area (Å²) in [6.07, 6.45) is 5.01. The lowest BCUT2D eigenvalue weighted by Gasteiger charge is -2.27. The van der Waals surface area contributed by atoms with Gasteiger partial charge < -0.3 is 11.1 Å². The number of hydrogen-bond acceptors (Lipinski definition) is 4. The molecule has 0 spiro atoms. The van der Waals surface area contributed by atoms with E-state index in [9.17, 15) is 4.79 Å². The molecule has 1 amide bonds. The average molecular weight is 329 g/mol. The van der Waals surface area contributed by atoms with Gasteiger partial charge in [-0.2, -0.15) is 0 Å². The van der Waals surface area contributed by atoms with Crippen molar-refractivity contribution in [3.8, 4) is 11.3 Å². The fourth-order valence-corrected chi connectivity index (χ4v) is 3.78. The molecule has 1 aromatic carbocycles. The molecule has 5 heteroatoms. The minimum atomic E-state index is 0.0598. The Morgan fingerprint density at radius 3 is 2.70 bits per heavy atom. The first-order chi connectivity index (χ1) is 11.1. The Bertz CT molecular complexity index is 665. The van der Waals surface area contributed by atoms with Gasteiger partial charge >= 0.3 is 0 Å². The van der Waals surface area contributed by atoms with Gasteiger partial charge in [-0.1, -0.05) is 25.0 Å². The Balaban J connectivity index is 1.58. The van der Waals surface area contributed by atoms with E-state index >= 15 is 0 Å². The summed E-state index contributed by atoms with van der Waals surface area (Å²) in [5.74, 6) is 0.380. The highest BCUT2D eigenvalue weighted by molar-refractivity contribution is 7.09. The topological polar surface area (TPSA) is 68.0 Å². The van der Waals surface area contributed by atoms with Crippen molar-refractivity contribution in [2.45, 2.75) is 45.1 Å².